The average molecular weight is 374 g/mol. The molecule has 0 aliphatic carbocycles. The van der Waals surface area contributed by atoms with Crippen LogP contribution in [-0.4, -0.2) is 60.9 Å². The van der Waals surface area contributed by atoms with Gasteiger partial charge in [0.25, 0.3) is 0 Å². The Balaban J connectivity index is 1.65. The number of benzene rings is 1. The van der Waals surface area contributed by atoms with Crippen LogP contribution in [0.25, 0.3) is 0 Å². The van der Waals surface area contributed by atoms with Crippen molar-refractivity contribution in [3.05, 3.63) is 29.8 Å². The first-order valence-electron chi connectivity index (χ1n) is 9.30. The summed E-state index contributed by atoms with van der Waals surface area (Å²) in [6, 6.07) is 7.10. The fraction of sp³-hybridized carbons (Fsp3) is 0.550. The van der Waals surface area contributed by atoms with Crippen molar-refractivity contribution < 1.29 is 23.9 Å². The smallest absolute Gasteiger partial charge is 0.239 e. The van der Waals surface area contributed by atoms with Crippen LogP contribution in [0.3, 0.4) is 0 Å². The molecule has 1 spiro atoms. The van der Waals surface area contributed by atoms with E-state index in [1.807, 2.05) is 19.1 Å². The summed E-state index contributed by atoms with van der Waals surface area (Å²) in [5.74, 6) is 0.329. The van der Waals surface area contributed by atoms with E-state index in [4.69, 9.17) is 9.47 Å². The first kappa shape index (κ1) is 19.4. The monoisotopic (exact) mass is 374 g/mol. The van der Waals surface area contributed by atoms with Gasteiger partial charge in [0.05, 0.1) is 25.1 Å². The standard InChI is InChI=1S/C20H26N2O5/c1-14(13-26-2)21-18(24)12-22-10-9-20(8-7-19(22)25)11-16(23)15-5-3-4-6-17(15)27-20/h3-6,14H,7-13H2,1-2H3,(H,21,24). The maximum absolute atomic E-state index is 12.5. The number of nitrogens with zero attached hydrogens (tertiary/aromatic N) is 1. The molecule has 0 aromatic heterocycles. The highest BCUT2D eigenvalue weighted by Gasteiger charge is 2.43. The molecular weight excluding hydrogens is 348 g/mol. The molecule has 2 heterocycles. The summed E-state index contributed by atoms with van der Waals surface area (Å²) in [6.07, 6.45) is 1.53. The van der Waals surface area contributed by atoms with Gasteiger partial charge in [0.15, 0.2) is 5.78 Å². The second kappa shape index (κ2) is 8.08. The fourth-order valence-electron chi connectivity index (χ4n) is 3.76. The number of rotatable bonds is 5. The molecule has 1 N–H and O–H groups in total. The maximum Gasteiger partial charge on any atom is 0.239 e. The molecule has 7 heteroatoms. The zero-order valence-corrected chi connectivity index (χ0v) is 15.8. The molecule has 0 radical (unpaired) electrons. The van der Waals surface area contributed by atoms with Crippen LogP contribution in [0.1, 0.15) is 43.0 Å². The van der Waals surface area contributed by atoms with Crippen LogP contribution in [0.5, 0.6) is 5.75 Å². The molecule has 3 rings (SSSR count). The molecule has 1 aromatic carbocycles. The second-order valence-corrected chi connectivity index (χ2v) is 7.37. The third-order valence-corrected chi connectivity index (χ3v) is 5.14. The Bertz CT molecular complexity index is 735. The number of ether oxygens (including phenoxy) is 2. The number of Topliss-reactive ketones (excluding diaryl/α,β-unsaturated/α-hetero) is 1. The van der Waals surface area contributed by atoms with Crippen molar-refractivity contribution in [3.8, 4) is 5.75 Å². The number of amides is 2. The van der Waals surface area contributed by atoms with Crippen LogP contribution in [-0.2, 0) is 14.3 Å². The van der Waals surface area contributed by atoms with Gasteiger partial charge < -0.3 is 19.7 Å². The van der Waals surface area contributed by atoms with E-state index in [2.05, 4.69) is 5.32 Å². The van der Waals surface area contributed by atoms with Crippen LogP contribution in [0.15, 0.2) is 24.3 Å². The molecule has 2 amide bonds. The van der Waals surface area contributed by atoms with Gasteiger partial charge >= 0.3 is 0 Å². The van der Waals surface area contributed by atoms with Gasteiger partial charge in [0.1, 0.15) is 11.4 Å². The summed E-state index contributed by atoms with van der Waals surface area (Å²) in [5.41, 5.74) is -0.0718. The van der Waals surface area contributed by atoms with Crippen LogP contribution in [0.4, 0.5) is 0 Å². The molecule has 0 bridgehead atoms. The van der Waals surface area contributed by atoms with Crippen LogP contribution >= 0.6 is 0 Å². The summed E-state index contributed by atoms with van der Waals surface area (Å²) in [7, 11) is 1.57. The summed E-state index contributed by atoms with van der Waals surface area (Å²) in [4.78, 5) is 38.8. The molecule has 0 saturated carbocycles. The lowest BCUT2D eigenvalue weighted by Gasteiger charge is -2.37. The van der Waals surface area contributed by atoms with E-state index in [0.717, 1.165) is 0 Å². The van der Waals surface area contributed by atoms with E-state index in [0.29, 0.717) is 37.3 Å². The number of methoxy groups -OCH3 is 1. The van der Waals surface area contributed by atoms with Gasteiger partial charge in [-0.1, -0.05) is 12.1 Å². The Morgan fingerprint density at radius 2 is 2.11 bits per heavy atom. The molecule has 1 aromatic rings. The van der Waals surface area contributed by atoms with Crippen molar-refractivity contribution in [3.63, 3.8) is 0 Å². The second-order valence-electron chi connectivity index (χ2n) is 7.37. The van der Waals surface area contributed by atoms with E-state index < -0.39 is 5.60 Å². The molecular formula is C20H26N2O5. The number of nitrogens with one attached hydrogen (secondary N) is 1. The molecule has 1 fully saturated rings. The highest BCUT2D eigenvalue weighted by atomic mass is 16.5. The molecule has 1 saturated heterocycles. The topological polar surface area (TPSA) is 84.9 Å². The Morgan fingerprint density at radius 1 is 1.33 bits per heavy atom. The van der Waals surface area contributed by atoms with Crippen molar-refractivity contribution in [2.45, 2.75) is 44.2 Å². The van der Waals surface area contributed by atoms with E-state index >= 15 is 0 Å². The number of likely N-dealkylation sites (tertiary alicyclic amines) is 1. The summed E-state index contributed by atoms with van der Waals surface area (Å²) in [5, 5.41) is 2.82. The third kappa shape index (κ3) is 4.47. The van der Waals surface area contributed by atoms with Crippen LogP contribution < -0.4 is 10.1 Å². The third-order valence-electron chi connectivity index (χ3n) is 5.14. The average Bonchev–Trinajstić information content (AvgIpc) is 2.76. The van der Waals surface area contributed by atoms with E-state index in [9.17, 15) is 14.4 Å². The van der Waals surface area contributed by atoms with Crippen molar-refractivity contribution in [1.82, 2.24) is 10.2 Å². The van der Waals surface area contributed by atoms with E-state index in [-0.39, 0.29) is 43.0 Å². The predicted molar refractivity (Wildman–Crippen MR) is 98.7 cm³/mol. The molecule has 2 aliphatic heterocycles. The largest absolute Gasteiger partial charge is 0.486 e. The Morgan fingerprint density at radius 3 is 2.89 bits per heavy atom. The minimum Gasteiger partial charge on any atom is -0.486 e. The number of carbonyl (C=O) groups is 3. The number of para-hydroxylation sites is 1. The molecule has 2 aliphatic rings. The Kier molecular flexibility index (Phi) is 5.79. The van der Waals surface area contributed by atoms with Crippen molar-refractivity contribution in [2.75, 3.05) is 26.8 Å². The van der Waals surface area contributed by atoms with Crippen LogP contribution in [0, 0.1) is 0 Å². The Labute approximate surface area is 159 Å². The molecule has 2 atom stereocenters. The maximum atomic E-state index is 12.5. The van der Waals surface area contributed by atoms with Gasteiger partial charge in [-0.25, -0.2) is 0 Å². The summed E-state index contributed by atoms with van der Waals surface area (Å²) >= 11 is 0. The normalized spacial score (nSPS) is 23.4. The zero-order valence-electron chi connectivity index (χ0n) is 15.8. The van der Waals surface area contributed by atoms with Crippen LogP contribution in [0.2, 0.25) is 0 Å². The predicted octanol–water partition coefficient (Wildman–Crippen LogP) is 1.55. The van der Waals surface area contributed by atoms with Gasteiger partial charge in [-0.15, -0.1) is 0 Å². The first-order chi connectivity index (χ1) is 12.9. The summed E-state index contributed by atoms with van der Waals surface area (Å²) in [6.45, 7) is 2.66. The van der Waals surface area contributed by atoms with E-state index in [1.165, 1.54) is 0 Å². The molecule has 7 nitrogen and oxygen atoms in total. The molecule has 146 valence electrons. The molecule has 2 unspecified atom stereocenters. The fourth-order valence-corrected chi connectivity index (χ4v) is 3.76. The van der Waals surface area contributed by atoms with Gasteiger partial charge in [-0.3, -0.25) is 14.4 Å². The Hall–Kier alpha value is -2.41. The zero-order chi connectivity index (χ0) is 19.4. The van der Waals surface area contributed by atoms with Gasteiger partial charge in [-0.05, 0) is 25.5 Å². The number of hydrogen-bond donors (Lipinski definition) is 1. The SMILES string of the molecule is COCC(C)NC(=O)CN1CCC2(CCC1=O)CC(=O)c1ccccc1O2. The number of carbonyl (C=O) groups excluding carboxylic acids is 3. The van der Waals surface area contributed by atoms with Gasteiger partial charge in [0.2, 0.25) is 11.8 Å². The van der Waals surface area contributed by atoms with Gasteiger partial charge in [0, 0.05) is 32.5 Å². The van der Waals surface area contributed by atoms with Crippen molar-refractivity contribution in [2.24, 2.45) is 0 Å². The quantitative estimate of drug-likeness (QED) is 0.845. The number of ketones is 1. The van der Waals surface area contributed by atoms with Crippen molar-refractivity contribution >= 4 is 17.6 Å². The minimum absolute atomic E-state index is 0.00744. The number of fused-ring (bicyclic) bond motifs is 1. The van der Waals surface area contributed by atoms with Gasteiger partial charge in [-0.2, -0.15) is 0 Å². The van der Waals surface area contributed by atoms with Crippen molar-refractivity contribution in [1.29, 1.82) is 0 Å². The highest BCUT2D eigenvalue weighted by Crippen LogP contribution is 2.39. The number of hydrogen-bond acceptors (Lipinski definition) is 5. The lowest BCUT2D eigenvalue weighted by molar-refractivity contribution is -0.135. The lowest BCUT2D eigenvalue weighted by atomic mass is 9.84. The molecule has 27 heavy (non-hydrogen) atoms. The highest BCUT2D eigenvalue weighted by molar-refractivity contribution is 6.00. The first-order valence-corrected chi connectivity index (χ1v) is 9.30. The minimum atomic E-state index is -0.671. The lowest BCUT2D eigenvalue weighted by Crippen LogP contribution is -2.45. The van der Waals surface area contributed by atoms with E-state index in [1.54, 1.807) is 24.1 Å². The summed E-state index contributed by atoms with van der Waals surface area (Å²) < 4.78 is 11.2.